The Morgan fingerprint density at radius 1 is 0.889 bits per heavy atom. The summed E-state index contributed by atoms with van der Waals surface area (Å²) >= 11 is 6.38. The van der Waals surface area contributed by atoms with Crippen LogP contribution in [0, 0.1) is 13.8 Å². The van der Waals surface area contributed by atoms with Crippen LogP contribution in [0.1, 0.15) is 28.5 Å². The third kappa shape index (κ3) is 3.11. The molecular formula is C29H24ClN3O3. The summed E-state index contributed by atoms with van der Waals surface area (Å²) in [6, 6.07) is 21.5. The van der Waals surface area contributed by atoms with Crippen molar-refractivity contribution in [2.75, 3.05) is 0 Å². The molecule has 3 heterocycles. The number of halogens is 1. The second-order valence-electron chi connectivity index (χ2n) is 9.34. The van der Waals surface area contributed by atoms with Gasteiger partial charge in [-0.05, 0) is 54.8 Å². The second-order valence-corrected chi connectivity index (χ2v) is 9.77. The minimum atomic E-state index is -0.586. The number of rotatable bonds is 2. The fourth-order valence-electron chi connectivity index (χ4n) is 5.26. The fraction of sp³-hybridized carbons (Fsp3) is 0.172. The van der Waals surface area contributed by atoms with Crippen molar-refractivity contribution < 1.29 is 4.74 Å². The topological polar surface area (TPSA) is 58.2 Å². The molecule has 3 aromatic carbocycles. The highest BCUT2D eigenvalue weighted by Gasteiger charge is 2.36. The number of hydrogen-bond acceptors (Lipinski definition) is 3. The van der Waals surface area contributed by atoms with Crippen LogP contribution in [-0.4, -0.2) is 13.7 Å². The molecule has 1 aliphatic heterocycles. The largest absolute Gasteiger partial charge is 0.477 e. The molecule has 6 nitrogen and oxygen atoms in total. The first-order valence-corrected chi connectivity index (χ1v) is 12.1. The number of fused-ring (bicyclic) bond motifs is 5. The van der Waals surface area contributed by atoms with Crippen molar-refractivity contribution in [3.8, 4) is 22.7 Å². The van der Waals surface area contributed by atoms with E-state index in [2.05, 4.69) is 10.6 Å². The summed E-state index contributed by atoms with van der Waals surface area (Å²) in [6.07, 6.45) is -0.586. The molecule has 0 fully saturated rings. The Labute approximate surface area is 212 Å². The van der Waals surface area contributed by atoms with Gasteiger partial charge in [-0.2, -0.15) is 0 Å². The number of nitrogens with zero attached hydrogens (tertiary/aromatic N) is 3. The Bertz CT molecular complexity index is 1830. The molecule has 5 aromatic rings. The molecule has 0 saturated heterocycles. The molecule has 0 spiro atoms. The summed E-state index contributed by atoms with van der Waals surface area (Å²) in [5.41, 5.74) is 5.95. The predicted octanol–water partition coefficient (Wildman–Crippen LogP) is 5.45. The predicted molar refractivity (Wildman–Crippen MR) is 143 cm³/mol. The number of aryl methyl sites for hydroxylation is 3. The van der Waals surface area contributed by atoms with E-state index in [1.165, 1.54) is 11.6 Å². The Morgan fingerprint density at radius 2 is 1.67 bits per heavy atom. The highest BCUT2D eigenvalue weighted by Crippen LogP contribution is 2.47. The van der Waals surface area contributed by atoms with Crippen molar-refractivity contribution in [1.82, 2.24) is 13.7 Å². The molecule has 0 N–H and O–H groups in total. The maximum atomic E-state index is 13.8. The van der Waals surface area contributed by atoms with Crippen LogP contribution >= 0.6 is 11.6 Å². The van der Waals surface area contributed by atoms with Crippen LogP contribution in [0.25, 0.3) is 27.8 Å². The summed E-state index contributed by atoms with van der Waals surface area (Å²) in [5, 5.41) is 1.06. The Balaban J connectivity index is 1.90. The summed E-state index contributed by atoms with van der Waals surface area (Å²) in [6.45, 7) is 4.05. The van der Waals surface area contributed by atoms with E-state index in [0.717, 1.165) is 39.3 Å². The van der Waals surface area contributed by atoms with E-state index >= 15 is 0 Å². The van der Waals surface area contributed by atoms with Crippen molar-refractivity contribution in [2.45, 2.75) is 20.0 Å². The minimum Gasteiger partial charge on any atom is -0.477 e. The lowest BCUT2D eigenvalue weighted by Crippen LogP contribution is -2.37. The summed E-state index contributed by atoms with van der Waals surface area (Å²) < 4.78 is 11.4. The quantitative estimate of drug-likeness (QED) is 0.326. The van der Waals surface area contributed by atoms with Crippen LogP contribution in [0.4, 0.5) is 0 Å². The number of aromatic nitrogens is 3. The van der Waals surface area contributed by atoms with Gasteiger partial charge in [0.25, 0.3) is 5.56 Å². The highest BCUT2D eigenvalue weighted by molar-refractivity contribution is 6.30. The van der Waals surface area contributed by atoms with Gasteiger partial charge in [-0.1, -0.05) is 54.1 Å². The van der Waals surface area contributed by atoms with Gasteiger partial charge in [0.1, 0.15) is 5.75 Å². The maximum absolute atomic E-state index is 13.8. The average molecular weight is 498 g/mol. The lowest BCUT2D eigenvalue weighted by molar-refractivity contribution is 0.229. The van der Waals surface area contributed by atoms with E-state index in [9.17, 15) is 9.59 Å². The van der Waals surface area contributed by atoms with Crippen molar-refractivity contribution in [2.24, 2.45) is 14.1 Å². The van der Waals surface area contributed by atoms with Crippen molar-refractivity contribution in [3.63, 3.8) is 0 Å². The number of hydrogen-bond donors (Lipinski definition) is 0. The molecule has 6 rings (SSSR count). The molecule has 0 saturated carbocycles. The lowest BCUT2D eigenvalue weighted by atomic mass is 10.0. The summed E-state index contributed by atoms with van der Waals surface area (Å²) in [5.74, 6) is 0.690. The third-order valence-corrected chi connectivity index (χ3v) is 7.24. The van der Waals surface area contributed by atoms with Crippen molar-refractivity contribution in [3.05, 3.63) is 115 Å². The molecule has 0 aliphatic carbocycles. The third-order valence-electron chi connectivity index (χ3n) is 7.01. The summed E-state index contributed by atoms with van der Waals surface area (Å²) in [7, 11) is 3.22. The monoisotopic (exact) mass is 497 g/mol. The number of benzene rings is 3. The van der Waals surface area contributed by atoms with E-state index in [1.807, 2.05) is 74.5 Å². The molecular weight excluding hydrogens is 474 g/mol. The first-order chi connectivity index (χ1) is 17.3. The van der Waals surface area contributed by atoms with Crippen LogP contribution in [0.2, 0.25) is 5.02 Å². The molecule has 1 aliphatic rings. The van der Waals surface area contributed by atoms with Crippen LogP contribution in [0.5, 0.6) is 5.75 Å². The van der Waals surface area contributed by atoms with Crippen molar-refractivity contribution in [1.29, 1.82) is 0 Å². The van der Waals surface area contributed by atoms with Gasteiger partial charge < -0.3 is 9.30 Å². The number of ether oxygens (including phenoxy) is 1. The zero-order valence-electron chi connectivity index (χ0n) is 20.4. The molecule has 0 amide bonds. The lowest BCUT2D eigenvalue weighted by Gasteiger charge is -2.30. The van der Waals surface area contributed by atoms with Gasteiger partial charge in [0, 0.05) is 24.7 Å². The normalized spacial score (nSPS) is 14.4. The van der Waals surface area contributed by atoms with Crippen LogP contribution in [0.3, 0.4) is 0 Å². The Morgan fingerprint density at radius 3 is 2.42 bits per heavy atom. The first kappa shape index (κ1) is 22.4. The zero-order chi connectivity index (χ0) is 25.3. The van der Waals surface area contributed by atoms with Crippen LogP contribution in [0.15, 0.2) is 76.3 Å². The van der Waals surface area contributed by atoms with Crippen LogP contribution < -0.4 is 16.0 Å². The molecule has 0 bridgehead atoms. The molecule has 180 valence electrons. The van der Waals surface area contributed by atoms with E-state index < -0.39 is 11.8 Å². The molecule has 0 radical (unpaired) electrons. The zero-order valence-corrected chi connectivity index (χ0v) is 21.1. The molecule has 0 unspecified atom stereocenters. The summed E-state index contributed by atoms with van der Waals surface area (Å²) in [4.78, 5) is 26.9. The van der Waals surface area contributed by atoms with Gasteiger partial charge in [-0.25, -0.2) is 4.79 Å². The van der Waals surface area contributed by atoms with Gasteiger partial charge in [0.05, 0.1) is 28.0 Å². The highest BCUT2D eigenvalue weighted by atomic mass is 35.5. The van der Waals surface area contributed by atoms with Gasteiger partial charge in [-0.3, -0.25) is 13.9 Å². The molecule has 1 atom stereocenters. The molecule has 2 aromatic heterocycles. The van der Waals surface area contributed by atoms with Gasteiger partial charge >= 0.3 is 5.69 Å². The fourth-order valence-corrected chi connectivity index (χ4v) is 5.46. The van der Waals surface area contributed by atoms with E-state index in [0.29, 0.717) is 21.7 Å². The Hall–Kier alpha value is -4.03. The maximum Gasteiger partial charge on any atom is 0.331 e. The Kier molecular flexibility index (Phi) is 4.99. The van der Waals surface area contributed by atoms with E-state index in [4.69, 9.17) is 16.3 Å². The molecule has 36 heavy (non-hydrogen) atoms. The van der Waals surface area contributed by atoms with Gasteiger partial charge in [-0.15, -0.1) is 0 Å². The SMILES string of the molecule is Cc1ccc2c(c1)-n1c(-c3ccccc3C)c3c(=O)n(C)c(=O)n(C)c3c1[C@@H](c1cccc(Cl)c1)O2. The van der Waals surface area contributed by atoms with E-state index in [1.54, 1.807) is 11.6 Å². The minimum absolute atomic E-state index is 0.340. The standard InChI is InChI=1S/C29H24ClN3O3/c1-16-12-13-22-21(14-16)33-24(20-11-6-5-8-17(20)2)23-25(31(3)29(35)32(4)28(23)34)26(33)27(36-22)18-9-7-10-19(30)15-18/h5-15,27H,1-4H3/t27-/m1/s1. The molecule has 7 heteroatoms. The van der Waals surface area contributed by atoms with E-state index in [-0.39, 0.29) is 5.56 Å². The van der Waals surface area contributed by atoms with Crippen LogP contribution in [-0.2, 0) is 14.1 Å². The average Bonchev–Trinajstić information content (AvgIpc) is 3.22. The first-order valence-electron chi connectivity index (χ1n) is 11.7. The second kappa shape index (κ2) is 8.00. The van der Waals surface area contributed by atoms with Gasteiger partial charge in [0.2, 0.25) is 0 Å². The van der Waals surface area contributed by atoms with Gasteiger partial charge in [0.15, 0.2) is 6.10 Å². The van der Waals surface area contributed by atoms with Crippen molar-refractivity contribution >= 4 is 22.5 Å². The smallest absolute Gasteiger partial charge is 0.331 e.